The molecular weight excluding hydrogens is 128 g/mol. The Kier molecular flexibility index (Phi) is 0.887. The van der Waals surface area contributed by atoms with Crippen molar-refractivity contribution in [3.05, 3.63) is 12.1 Å². The number of fused-ring (bicyclic) bond motifs is 1. The fourth-order valence-electron chi connectivity index (χ4n) is 0.797. The van der Waals surface area contributed by atoms with Gasteiger partial charge < -0.3 is 5.73 Å². The molecule has 1 radical (unpaired) electrons. The molecule has 1 aromatic heterocycles. The summed E-state index contributed by atoms with van der Waals surface area (Å²) < 4.78 is 0. The van der Waals surface area contributed by atoms with Crippen LogP contribution in [0.2, 0.25) is 0 Å². The first-order valence-corrected chi connectivity index (χ1v) is 2.86. The SMILES string of the molecule is Nc1ccc2c(n1)[N]C=N2. The average Bonchev–Trinajstić information content (AvgIpc) is 2.33. The summed E-state index contributed by atoms with van der Waals surface area (Å²) in [7, 11) is 0. The first-order chi connectivity index (χ1) is 4.86. The van der Waals surface area contributed by atoms with Gasteiger partial charge in [-0.2, -0.15) is 0 Å². The summed E-state index contributed by atoms with van der Waals surface area (Å²) >= 11 is 0. The minimum atomic E-state index is 0.480. The third kappa shape index (κ3) is 0.621. The lowest BCUT2D eigenvalue weighted by atomic mass is 10.4. The number of pyridine rings is 1. The van der Waals surface area contributed by atoms with Crippen LogP contribution in [0.15, 0.2) is 17.1 Å². The van der Waals surface area contributed by atoms with Gasteiger partial charge in [-0.15, -0.1) is 0 Å². The van der Waals surface area contributed by atoms with Crippen LogP contribution in [0.3, 0.4) is 0 Å². The van der Waals surface area contributed by atoms with Crippen LogP contribution in [0.4, 0.5) is 17.3 Å². The molecule has 49 valence electrons. The smallest absolute Gasteiger partial charge is 0.181 e. The number of aliphatic imine (C=N–C) groups is 1. The molecule has 0 aromatic carbocycles. The molecular formula is C6H5N4. The quantitative estimate of drug-likeness (QED) is 0.562. The zero-order valence-corrected chi connectivity index (χ0v) is 5.15. The predicted octanol–water partition coefficient (Wildman–Crippen LogP) is 0.573. The van der Waals surface area contributed by atoms with Gasteiger partial charge in [-0.05, 0) is 12.1 Å². The summed E-state index contributed by atoms with van der Waals surface area (Å²) in [6, 6.07) is 3.50. The van der Waals surface area contributed by atoms with Gasteiger partial charge in [0.15, 0.2) is 5.82 Å². The number of hydrogen-bond donors (Lipinski definition) is 1. The molecule has 0 unspecified atom stereocenters. The summed E-state index contributed by atoms with van der Waals surface area (Å²) in [6.07, 6.45) is 1.47. The van der Waals surface area contributed by atoms with Gasteiger partial charge in [-0.1, -0.05) is 0 Å². The number of nitrogens with two attached hydrogens (primary N) is 1. The molecule has 2 heterocycles. The Morgan fingerprint density at radius 2 is 2.20 bits per heavy atom. The Labute approximate surface area is 57.8 Å². The van der Waals surface area contributed by atoms with Gasteiger partial charge in [0.05, 0.1) is 0 Å². The molecule has 2 rings (SSSR count). The van der Waals surface area contributed by atoms with Crippen molar-refractivity contribution in [1.82, 2.24) is 10.3 Å². The second-order valence-corrected chi connectivity index (χ2v) is 1.95. The molecule has 0 atom stereocenters. The van der Waals surface area contributed by atoms with Crippen molar-refractivity contribution < 1.29 is 0 Å². The van der Waals surface area contributed by atoms with Gasteiger partial charge in [0.2, 0.25) is 0 Å². The number of aromatic nitrogens is 1. The minimum Gasteiger partial charge on any atom is -0.384 e. The standard InChI is InChI=1S/C6H5N4/c7-5-2-1-4-6(10-5)9-3-8-4/h1-3H,(H2,7,10). The van der Waals surface area contributed by atoms with Crippen molar-refractivity contribution in [3.8, 4) is 0 Å². The Morgan fingerprint density at radius 3 is 3.10 bits per heavy atom. The second kappa shape index (κ2) is 1.70. The highest BCUT2D eigenvalue weighted by molar-refractivity contribution is 5.79. The second-order valence-electron chi connectivity index (χ2n) is 1.95. The normalized spacial score (nSPS) is 12.8. The highest BCUT2D eigenvalue weighted by Gasteiger charge is 2.07. The lowest BCUT2D eigenvalue weighted by molar-refractivity contribution is 1.20. The van der Waals surface area contributed by atoms with Crippen molar-refractivity contribution in [2.24, 2.45) is 4.99 Å². The Balaban J connectivity index is 2.59. The summed E-state index contributed by atoms with van der Waals surface area (Å²) in [5.41, 5.74) is 6.19. The van der Waals surface area contributed by atoms with E-state index in [1.165, 1.54) is 6.34 Å². The van der Waals surface area contributed by atoms with Gasteiger partial charge in [0.1, 0.15) is 17.8 Å². The molecule has 0 bridgehead atoms. The van der Waals surface area contributed by atoms with E-state index in [2.05, 4.69) is 15.3 Å². The molecule has 2 N–H and O–H groups in total. The first-order valence-electron chi connectivity index (χ1n) is 2.86. The van der Waals surface area contributed by atoms with E-state index in [9.17, 15) is 0 Å². The molecule has 0 saturated carbocycles. The van der Waals surface area contributed by atoms with Crippen molar-refractivity contribution in [2.45, 2.75) is 0 Å². The third-order valence-electron chi connectivity index (χ3n) is 1.25. The highest BCUT2D eigenvalue weighted by Crippen LogP contribution is 2.26. The maximum atomic E-state index is 5.40. The Morgan fingerprint density at radius 1 is 1.30 bits per heavy atom. The van der Waals surface area contributed by atoms with Crippen molar-refractivity contribution >= 4 is 23.7 Å². The summed E-state index contributed by atoms with van der Waals surface area (Å²) in [5.74, 6) is 1.09. The van der Waals surface area contributed by atoms with Crippen LogP contribution >= 0.6 is 0 Å². The van der Waals surface area contributed by atoms with Crippen LogP contribution in [0.5, 0.6) is 0 Å². The van der Waals surface area contributed by atoms with Gasteiger partial charge in [-0.3, -0.25) is 0 Å². The van der Waals surface area contributed by atoms with Crippen LogP contribution in [0.1, 0.15) is 0 Å². The Hall–Kier alpha value is -1.58. The largest absolute Gasteiger partial charge is 0.384 e. The molecule has 4 heteroatoms. The van der Waals surface area contributed by atoms with Crippen molar-refractivity contribution in [3.63, 3.8) is 0 Å². The van der Waals surface area contributed by atoms with Crippen molar-refractivity contribution in [2.75, 3.05) is 5.73 Å². The van der Waals surface area contributed by atoms with E-state index in [1.807, 2.05) is 0 Å². The van der Waals surface area contributed by atoms with Crippen LogP contribution in [0, 0.1) is 0 Å². The van der Waals surface area contributed by atoms with E-state index in [-0.39, 0.29) is 0 Å². The monoisotopic (exact) mass is 133 g/mol. The fraction of sp³-hybridized carbons (Fsp3) is 0. The third-order valence-corrected chi connectivity index (χ3v) is 1.25. The minimum absolute atomic E-state index is 0.480. The molecule has 0 fully saturated rings. The maximum Gasteiger partial charge on any atom is 0.181 e. The lowest BCUT2D eigenvalue weighted by Crippen LogP contribution is -1.93. The van der Waals surface area contributed by atoms with E-state index in [4.69, 9.17) is 5.73 Å². The number of anilines is 1. The molecule has 4 nitrogen and oxygen atoms in total. The van der Waals surface area contributed by atoms with E-state index in [0.29, 0.717) is 11.6 Å². The average molecular weight is 133 g/mol. The van der Waals surface area contributed by atoms with Crippen LogP contribution in [-0.4, -0.2) is 11.3 Å². The molecule has 0 spiro atoms. The molecule has 0 aliphatic carbocycles. The fourth-order valence-corrected chi connectivity index (χ4v) is 0.797. The van der Waals surface area contributed by atoms with Crippen LogP contribution < -0.4 is 11.1 Å². The number of nitrogens with zero attached hydrogens (tertiary/aromatic N) is 3. The molecule has 1 aromatic rings. The number of hydrogen-bond acceptors (Lipinski definition) is 3. The van der Waals surface area contributed by atoms with Gasteiger partial charge in [0.25, 0.3) is 0 Å². The summed E-state index contributed by atoms with van der Waals surface area (Å²) in [6.45, 7) is 0. The molecule has 1 aliphatic rings. The zero-order valence-electron chi connectivity index (χ0n) is 5.15. The van der Waals surface area contributed by atoms with Gasteiger partial charge in [0, 0.05) is 0 Å². The highest BCUT2D eigenvalue weighted by atomic mass is 15.1. The zero-order chi connectivity index (χ0) is 6.97. The molecule has 0 amide bonds. The topological polar surface area (TPSA) is 65.4 Å². The molecule has 1 aliphatic heterocycles. The van der Waals surface area contributed by atoms with Crippen LogP contribution in [-0.2, 0) is 0 Å². The van der Waals surface area contributed by atoms with E-state index in [1.54, 1.807) is 12.1 Å². The van der Waals surface area contributed by atoms with Crippen molar-refractivity contribution in [1.29, 1.82) is 0 Å². The summed E-state index contributed by atoms with van der Waals surface area (Å²) in [5, 5.41) is 3.88. The first kappa shape index (κ1) is 5.22. The Bertz CT molecular complexity index is 292. The van der Waals surface area contributed by atoms with Gasteiger partial charge in [-0.25, -0.2) is 15.3 Å². The number of nitrogen functional groups attached to an aromatic ring is 1. The number of rotatable bonds is 0. The van der Waals surface area contributed by atoms with Gasteiger partial charge >= 0.3 is 0 Å². The van der Waals surface area contributed by atoms with E-state index >= 15 is 0 Å². The van der Waals surface area contributed by atoms with Crippen LogP contribution in [0.25, 0.3) is 0 Å². The molecule has 0 saturated heterocycles. The van der Waals surface area contributed by atoms with E-state index in [0.717, 1.165) is 5.69 Å². The molecule has 10 heavy (non-hydrogen) atoms. The predicted molar refractivity (Wildman–Crippen MR) is 38.6 cm³/mol. The maximum absolute atomic E-state index is 5.40. The van der Waals surface area contributed by atoms with E-state index < -0.39 is 0 Å². The summed E-state index contributed by atoms with van der Waals surface area (Å²) in [4.78, 5) is 7.87. The lowest BCUT2D eigenvalue weighted by Gasteiger charge is -1.94.